The number of rotatable bonds is 6. The fraction of sp³-hybridized carbons (Fsp3) is 0.571. The van der Waals surface area contributed by atoms with Gasteiger partial charge in [-0.25, -0.2) is 0 Å². The van der Waals surface area contributed by atoms with Gasteiger partial charge in [-0.3, -0.25) is 0 Å². The molecule has 0 saturated heterocycles. The van der Waals surface area contributed by atoms with Crippen molar-refractivity contribution >= 4 is 11.8 Å². The Morgan fingerprint density at radius 3 is 2.33 bits per heavy atom. The summed E-state index contributed by atoms with van der Waals surface area (Å²) < 4.78 is 10.9. The lowest BCUT2D eigenvalue weighted by atomic mass is 9.96. The predicted octanol–water partition coefficient (Wildman–Crippen LogP) is 2.74. The molecule has 0 radical (unpaired) electrons. The summed E-state index contributed by atoms with van der Waals surface area (Å²) in [6, 6.07) is 4.06. The monoisotopic (exact) mass is 268 g/mol. The average molecular weight is 268 g/mol. The average Bonchev–Trinajstić information content (AvgIpc) is 3.18. The van der Waals surface area contributed by atoms with Gasteiger partial charge >= 0.3 is 0 Å². The summed E-state index contributed by atoms with van der Waals surface area (Å²) in [6.07, 6.45) is 5.07. The molecule has 1 aliphatic rings. The van der Waals surface area contributed by atoms with Crippen LogP contribution in [0.25, 0.3) is 0 Å². The lowest BCUT2D eigenvalue weighted by Gasteiger charge is -2.17. The summed E-state index contributed by atoms with van der Waals surface area (Å²) in [6.45, 7) is 0.253. The van der Waals surface area contributed by atoms with Gasteiger partial charge in [-0.05, 0) is 48.6 Å². The predicted molar refractivity (Wildman–Crippen MR) is 73.8 cm³/mol. The lowest BCUT2D eigenvalue weighted by Crippen LogP contribution is -2.11. The molecule has 1 fully saturated rings. The second kappa shape index (κ2) is 5.41. The van der Waals surface area contributed by atoms with Crippen LogP contribution in [0.15, 0.2) is 17.0 Å². The zero-order valence-corrected chi connectivity index (χ0v) is 12.0. The molecule has 1 aliphatic carbocycles. The molecule has 1 saturated carbocycles. The first-order valence-corrected chi connectivity index (χ1v) is 7.30. The van der Waals surface area contributed by atoms with Crippen molar-refractivity contribution in [2.45, 2.75) is 24.2 Å². The van der Waals surface area contributed by atoms with Crippen molar-refractivity contribution < 1.29 is 14.6 Å². The molecular weight excluding hydrogens is 248 g/mol. The quantitative estimate of drug-likeness (QED) is 0.805. The van der Waals surface area contributed by atoms with Crippen molar-refractivity contribution in [3.05, 3.63) is 17.7 Å². The fourth-order valence-electron chi connectivity index (χ4n) is 2.20. The molecule has 0 amide bonds. The van der Waals surface area contributed by atoms with Gasteiger partial charge in [0, 0.05) is 6.61 Å². The van der Waals surface area contributed by atoms with Gasteiger partial charge in [-0.2, -0.15) is 0 Å². The van der Waals surface area contributed by atoms with E-state index >= 15 is 0 Å². The van der Waals surface area contributed by atoms with Crippen LogP contribution in [0.1, 0.15) is 18.4 Å². The Bertz CT molecular complexity index is 427. The number of hydrogen-bond donors (Lipinski definition) is 1. The van der Waals surface area contributed by atoms with Crippen molar-refractivity contribution in [1.29, 1.82) is 0 Å². The van der Waals surface area contributed by atoms with Gasteiger partial charge in [0.2, 0.25) is 0 Å². The summed E-state index contributed by atoms with van der Waals surface area (Å²) in [5.41, 5.74) is 1.21. The minimum atomic E-state index is 0.0825. The van der Waals surface area contributed by atoms with Gasteiger partial charge in [0.25, 0.3) is 0 Å². The second-order valence-corrected chi connectivity index (χ2v) is 5.70. The highest BCUT2D eigenvalue weighted by Gasteiger charge is 2.42. The minimum Gasteiger partial charge on any atom is -0.496 e. The summed E-state index contributed by atoms with van der Waals surface area (Å²) in [4.78, 5) is 1.08. The van der Waals surface area contributed by atoms with Crippen LogP contribution in [0.4, 0.5) is 0 Å². The van der Waals surface area contributed by atoms with Crippen molar-refractivity contribution in [2.75, 3.05) is 27.1 Å². The second-order valence-electron chi connectivity index (χ2n) is 4.85. The van der Waals surface area contributed by atoms with Gasteiger partial charge in [-0.15, -0.1) is 11.8 Å². The van der Waals surface area contributed by atoms with E-state index in [9.17, 15) is 5.11 Å². The molecule has 2 rings (SSSR count). The minimum absolute atomic E-state index is 0.0825. The maximum absolute atomic E-state index is 9.43. The first-order valence-electron chi connectivity index (χ1n) is 6.08. The van der Waals surface area contributed by atoms with E-state index in [1.165, 1.54) is 0 Å². The van der Waals surface area contributed by atoms with Gasteiger partial charge < -0.3 is 14.6 Å². The summed E-state index contributed by atoms with van der Waals surface area (Å²) in [5, 5.41) is 9.43. The Morgan fingerprint density at radius 2 is 1.89 bits per heavy atom. The van der Waals surface area contributed by atoms with E-state index in [2.05, 4.69) is 0 Å². The van der Waals surface area contributed by atoms with Crippen molar-refractivity contribution in [3.63, 3.8) is 0 Å². The van der Waals surface area contributed by atoms with Crippen molar-refractivity contribution in [1.82, 2.24) is 0 Å². The highest BCUT2D eigenvalue weighted by atomic mass is 32.2. The zero-order chi connectivity index (χ0) is 13.2. The molecule has 3 nitrogen and oxygen atoms in total. The van der Waals surface area contributed by atoms with Crippen molar-refractivity contribution in [2.24, 2.45) is 5.41 Å². The normalized spacial score (nSPS) is 16.4. The van der Waals surface area contributed by atoms with Gasteiger partial charge in [0.15, 0.2) is 0 Å². The van der Waals surface area contributed by atoms with E-state index in [1.54, 1.807) is 26.0 Å². The zero-order valence-electron chi connectivity index (χ0n) is 11.2. The topological polar surface area (TPSA) is 38.7 Å². The number of thioether (sulfide) groups is 1. The third-order valence-electron chi connectivity index (χ3n) is 3.64. The van der Waals surface area contributed by atoms with Crippen LogP contribution in [-0.2, 0) is 6.42 Å². The maximum Gasteiger partial charge on any atom is 0.132 e. The number of aliphatic hydroxyl groups excluding tert-OH is 1. The van der Waals surface area contributed by atoms with E-state index in [4.69, 9.17) is 9.47 Å². The molecule has 0 aliphatic heterocycles. The van der Waals surface area contributed by atoms with E-state index in [-0.39, 0.29) is 12.0 Å². The maximum atomic E-state index is 9.43. The number of hydrogen-bond acceptors (Lipinski definition) is 4. The lowest BCUT2D eigenvalue weighted by molar-refractivity contribution is 0.210. The van der Waals surface area contributed by atoms with Gasteiger partial charge in [0.05, 0.1) is 19.1 Å². The standard InChI is InChI=1S/C14H20O3S/c1-16-11-7-13(18-3)12(17-2)6-10(11)8-14(9-15)4-5-14/h6-7,15H,4-5,8-9H2,1-3H3. The first-order chi connectivity index (χ1) is 8.68. The number of benzene rings is 1. The molecule has 1 aromatic carbocycles. The summed E-state index contributed by atoms with van der Waals surface area (Å²) >= 11 is 1.64. The molecular formula is C14H20O3S. The Labute approximate surface area is 112 Å². The molecule has 1 N–H and O–H groups in total. The molecule has 0 spiro atoms. The highest BCUT2D eigenvalue weighted by Crippen LogP contribution is 2.49. The van der Waals surface area contributed by atoms with Crippen LogP contribution in [0, 0.1) is 5.41 Å². The van der Waals surface area contributed by atoms with E-state index < -0.39 is 0 Å². The Hall–Kier alpha value is -0.870. The third-order valence-corrected chi connectivity index (χ3v) is 4.40. The fourth-order valence-corrected chi connectivity index (χ4v) is 2.77. The van der Waals surface area contributed by atoms with Crippen molar-refractivity contribution in [3.8, 4) is 11.5 Å². The molecule has 4 heteroatoms. The highest BCUT2D eigenvalue weighted by molar-refractivity contribution is 7.98. The molecule has 0 heterocycles. The van der Waals surface area contributed by atoms with E-state index in [0.29, 0.717) is 0 Å². The number of aliphatic hydroxyl groups is 1. The molecule has 0 atom stereocenters. The summed E-state index contributed by atoms with van der Waals surface area (Å²) in [7, 11) is 3.37. The molecule has 0 unspecified atom stereocenters. The molecule has 0 bridgehead atoms. The molecule has 100 valence electrons. The van der Waals surface area contributed by atoms with Crippen LogP contribution < -0.4 is 9.47 Å². The van der Waals surface area contributed by atoms with Crippen LogP contribution in [-0.4, -0.2) is 32.2 Å². The molecule has 1 aromatic rings. The summed E-state index contributed by atoms with van der Waals surface area (Å²) in [5.74, 6) is 1.77. The van der Waals surface area contributed by atoms with Crippen LogP contribution in [0.5, 0.6) is 11.5 Å². The Morgan fingerprint density at radius 1 is 1.22 bits per heavy atom. The van der Waals surface area contributed by atoms with Crippen LogP contribution >= 0.6 is 11.8 Å². The largest absolute Gasteiger partial charge is 0.496 e. The van der Waals surface area contributed by atoms with Gasteiger partial charge in [0.1, 0.15) is 11.5 Å². The smallest absolute Gasteiger partial charge is 0.132 e. The molecule has 0 aromatic heterocycles. The Balaban J connectivity index is 2.33. The van der Waals surface area contributed by atoms with E-state index in [1.807, 2.05) is 18.4 Å². The molecule has 18 heavy (non-hydrogen) atoms. The first kappa shape index (κ1) is 13.6. The van der Waals surface area contributed by atoms with Gasteiger partial charge in [-0.1, -0.05) is 0 Å². The van der Waals surface area contributed by atoms with Crippen LogP contribution in [0.3, 0.4) is 0 Å². The van der Waals surface area contributed by atoms with Crippen LogP contribution in [0.2, 0.25) is 0 Å². The number of methoxy groups -OCH3 is 2. The Kier molecular flexibility index (Phi) is 4.07. The van der Waals surface area contributed by atoms with E-state index in [0.717, 1.165) is 41.2 Å². The SMILES string of the molecule is COc1cc(SC)c(OC)cc1CC1(CO)CC1. The third kappa shape index (κ3) is 2.59. The number of ether oxygens (including phenoxy) is 2.